The van der Waals surface area contributed by atoms with E-state index in [2.05, 4.69) is 19.2 Å². The third-order valence-corrected chi connectivity index (χ3v) is 3.02. The molecule has 2 nitrogen and oxygen atoms in total. The van der Waals surface area contributed by atoms with Crippen molar-refractivity contribution in [3.05, 3.63) is 0 Å². The number of hydrogen-bond acceptors (Lipinski definition) is 2. The maximum atomic E-state index is 9.10. The monoisotopic (exact) mass is 185 g/mol. The molecule has 0 spiro atoms. The fourth-order valence-corrected chi connectivity index (χ4v) is 2.08. The van der Waals surface area contributed by atoms with Crippen LogP contribution in [0.5, 0.6) is 0 Å². The van der Waals surface area contributed by atoms with Crippen LogP contribution in [-0.2, 0) is 0 Å². The predicted molar refractivity (Wildman–Crippen MR) is 55.7 cm³/mol. The summed E-state index contributed by atoms with van der Waals surface area (Å²) in [6, 6.07) is 0.587. The summed E-state index contributed by atoms with van der Waals surface area (Å²) < 4.78 is 0. The summed E-state index contributed by atoms with van der Waals surface area (Å²) in [4.78, 5) is 0. The van der Waals surface area contributed by atoms with E-state index in [-0.39, 0.29) is 0 Å². The van der Waals surface area contributed by atoms with E-state index in [0.29, 0.717) is 18.6 Å². The second-order valence-corrected chi connectivity index (χ2v) is 4.62. The largest absolute Gasteiger partial charge is 0.396 e. The Morgan fingerprint density at radius 3 is 2.77 bits per heavy atom. The standard InChI is InChI=1S/C11H23NO/c1-9(2)6-7-12-11-5-3-4-10(11)8-13/h9-13H,3-8H2,1-2H3. The number of aliphatic hydroxyl groups is 1. The zero-order chi connectivity index (χ0) is 9.68. The van der Waals surface area contributed by atoms with Crippen molar-refractivity contribution in [3.63, 3.8) is 0 Å². The van der Waals surface area contributed by atoms with Crippen LogP contribution >= 0.6 is 0 Å². The molecule has 78 valence electrons. The smallest absolute Gasteiger partial charge is 0.0474 e. The maximum absolute atomic E-state index is 9.10. The summed E-state index contributed by atoms with van der Waals surface area (Å²) in [6.07, 6.45) is 4.98. The van der Waals surface area contributed by atoms with Gasteiger partial charge in [-0.2, -0.15) is 0 Å². The minimum atomic E-state index is 0.360. The van der Waals surface area contributed by atoms with Gasteiger partial charge in [0.05, 0.1) is 0 Å². The van der Waals surface area contributed by atoms with Crippen molar-refractivity contribution in [1.82, 2.24) is 5.32 Å². The number of rotatable bonds is 5. The first-order chi connectivity index (χ1) is 6.24. The topological polar surface area (TPSA) is 32.3 Å². The quantitative estimate of drug-likeness (QED) is 0.684. The lowest BCUT2D eigenvalue weighted by Gasteiger charge is -2.19. The van der Waals surface area contributed by atoms with Gasteiger partial charge in [0, 0.05) is 12.6 Å². The average molecular weight is 185 g/mol. The summed E-state index contributed by atoms with van der Waals surface area (Å²) in [5, 5.41) is 12.7. The van der Waals surface area contributed by atoms with Crippen LogP contribution in [0.3, 0.4) is 0 Å². The van der Waals surface area contributed by atoms with Gasteiger partial charge in [-0.1, -0.05) is 20.3 Å². The molecule has 1 rings (SSSR count). The fraction of sp³-hybridized carbons (Fsp3) is 1.00. The molecule has 1 fully saturated rings. The Morgan fingerprint density at radius 2 is 2.15 bits per heavy atom. The minimum Gasteiger partial charge on any atom is -0.396 e. The first-order valence-electron chi connectivity index (χ1n) is 5.58. The maximum Gasteiger partial charge on any atom is 0.0474 e. The van der Waals surface area contributed by atoms with Gasteiger partial charge in [-0.25, -0.2) is 0 Å². The van der Waals surface area contributed by atoms with Crippen molar-refractivity contribution in [2.45, 2.75) is 45.6 Å². The van der Waals surface area contributed by atoms with E-state index in [9.17, 15) is 0 Å². The first kappa shape index (κ1) is 11.0. The number of hydrogen-bond donors (Lipinski definition) is 2. The molecular formula is C11H23NO. The molecular weight excluding hydrogens is 162 g/mol. The molecule has 0 aliphatic heterocycles. The highest BCUT2D eigenvalue weighted by atomic mass is 16.3. The van der Waals surface area contributed by atoms with Gasteiger partial charge >= 0.3 is 0 Å². The Bertz CT molecular complexity index is 136. The van der Waals surface area contributed by atoms with Crippen molar-refractivity contribution < 1.29 is 5.11 Å². The van der Waals surface area contributed by atoms with Gasteiger partial charge in [-0.15, -0.1) is 0 Å². The summed E-state index contributed by atoms with van der Waals surface area (Å²) in [5.41, 5.74) is 0. The summed E-state index contributed by atoms with van der Waals surface area (Å²) in [5.74, 6) is 1.30. The summed E-state index contributed by atoms with van der Waals surface area (Å²) >= 11 is 0. The van der Waals surface area contributed by atoms with Gasteiger partial charge in [0.15, 0.2) is 0 Å². The zero-order valence-corrected chi connectivity index (χ0v) is 8.92. The van der Waals surface area contributed by atoms with E-state index >= 15 is 0 Å². The molecule has 2 atom stereocenters. The molecule has 0 radical (unpaired) electrons. The third kappa shape index (κ3) is 3.65. The van der Waals surface area contributed by atoms with Crippen molar-refractivity contribution in [1.29, 1.82) is 0 Å². The van der Waals surface area contributed by atoms with E-state index < -0.39 is 0 Å². The van der Waals surface area contributed by atoms with Gasteiger partial charge in [-0.3, -0.25) is 0 Å². The van der Waals surface area contributed by atoms with Crippen molar-refractivity contribution >= 4 is 0 Å². The lowest BCUT2D eigenvalue weighted by atomic mass is 10.0. The predicted octanol–water partition coefficient (Wildman–Crippen LogP) is 1.78. The van der Waals surface area contributed by atoms with Gasteiger partial charge in [0.1, 0.15) is 0 Å². The average Bonchev–Trinajstić information content (AvgIpc) is 2.51. The lowest BCUT2D eigenvalue weighted by Crippen LogP contribution is -2.35. The van der Waals surface area contributed by atoms with Gasteiger partial charge < -0.3 is 10.4 Å². The molecule has 0 amide bonds. The van der Waals surface area contributed by atoms with Crippen LogP contribution in [-0.4, -0.2) is 24.3 Å². The van der Waals surface area contributed by atoms with E-state index in [1.54, 1.807) is 0 Å². The molecule has 2 heteroatoms. The second kappa shape index (κ2) is 5.61. The molecule has 0 aromatic heterocycles. The van der Waals surface area contributed by atoms with Crippen LogP contribution in [0.1, 0.15) is 39.5 Å². The zero-order valence-electron chi connectivity index (χ0n) is 8.92. The first-order valence-corrected chi connectivity index (χ1v) is 5.58. The highest BCUT2D eigenvalue weighted by Crippen LogP contribution is 2.24. The van der Waals surface area contributed by atoms with Gasteiger partial charge in [0.25, 0.3) is 0 Å². The Morgan fingerprint density at radius 1 is 1.38 bits per heavy atom. The second-order valence-electron chi connectivity index (χ2n) is 4.62. The van der Waals surface area contributed by atoms with E-state index in [0.717, 1.165) is 12.5 Å². The van der Waals surface area contributed by atoms with Gasteiger partial charge in [-0.05, 0) is 37.6 Å². The van der Waals surface area contributed by atoms with Gasteiger partial charge in [0.2, 0.25) is 0 Å². The molecule has 0 bridgehead atoms. The van der Waals surface area contributed by atoms with Crippen molar-refractivity contribution in [2.24, 2.45) is 11.8 Å². The van der Waals surface area contributed by atoms with Crippen molar-refractivity contribution in [3.8, 4) is 0 Å². The third-order valence-electron chi connectivity index (χ3n) is 3.02. The molecule has 2 N–H and O–H groups in total. The molecule has 0 saturated heterocycles. The number of aliphatic hydroxyl groups excluding tert-OH is 1. The molecule has 13 heavy (non-hydrogen) atoms. The molecule has 0 aromatic rings. The number of nitrogens with one attached hydrogen (secondary N) is 1. The molecule has 1 aliphatic rings. The molecule has 1 saturated carbocycles. The van der Waals surface area contributed by atoms with Crippen LogP contribution in [0.2, 0.25) is 0 Å². The molecule has 0 heterocycles. The summed E-state index contributed by atoms with van der Waals surface area (Å²) in [6.45, 7) is 5.97. The Balaban J connectivity index is 2.13. The van der Waals surface area contributed by atoms with Crippen LogP contribution in [0.25, 0.3) is 0 Å². The lowest BCUT2D eigenvalue weighted by molar-refractivity contribution is 0.205. The molecule has 2 unspecified atom stereocenters. The van der Waals surface area contributed by atoms with E-state index in [1.165, 1.54) is 25.7 Å². The molecule has 0 aromatic carbocycles. The van der Waals surface area contributed by atoms with Crippen LogP contribution < -0.4 is 5.32 Å². The van der Waals surface area contributed by atoms with Crippen molar-refractivity contribution in [2.75, 3.05) is 13.2 Å². The Hall–Kier alpha value is -0.0800. The van der Waals surface area contributed by atoms with Crippen LogP contribution in [0, 0.1) is 11.8 Å². The minimum absolute atomic E-state index is 0.360. The summed E-state index contributed by atoms with van der Waals surface area (Å²) in [7, 11) is 0. The highest BCUT2D eigenvalue weighted by Gasteiger charge is 2.25. The van der Waals surface area contributed by atoms with E-state index in [1.807, 2.05) is 0 Å². The Labute approximate surface area is 81.7 Å². The molecule has 1 aliphatic carbocycles. The highest BCUT2D eigenvalue weighted by molar-refractivity contribution is 4.82. The van der Waals surface area contributed by atoms with Crippen LogP contribution in [0.15, 0.2) is 0 Å². The normalized spacial score (nSPS) is 28.6. The van der Waals surface area contributed by atoms with E-state index in [4.69, 9.17) is 5.11 Å². The fourth-order valence-electron chi connectivity index (χ4n) is 2.08. The van der Waals surface area contributed by atoms with Crippen LogP contribution in [0.4, 0.5) is 0 Å². The SMILES string of the molecule is CC(C)CCNC1CCCC1CO. The Kier molecular flexibility index (Phi) is 4.74.